The molecular formula is C13H22N2O5. The number of aliphatic carboxylic acids is 1. The molecule has 20 heavy (non-hydrogen) atoms. The van der Waals surface area contributed by atoms with Crippen molar-refractivity contribution >= 4 is 18.0 Å². The number of nitrogens with zero attached hydrogens (tertiary/aromatic N) is 1. The summed E-state index contributed by atoms with van der Waals surface area (Å²) in [7, 11) is 1.34. The minimum Gasteiger partial charge on any atom is -0.481 e. The predicted molar refractivity (Wildman–Crippen MR) is 71.2 cm³/mol. The molecule has 0 aromatic heterocycles. The third-order valence-electron chi connectivity index (χ3n) is 3.41. The number of hydrogen-bond acceptors (Lipinski definition) is 4. The second-order valence-corrected chi connectivity index (χ2v) is 5.09. The normalized spacial score (nSPS) is 19.5. The number of carbonyl (C=O) groups is 3. The zero-order valence-corrected chi connectivity index (χ0v) is 11.9. The minimum absolute atomic E-state index is 0.0842. The summed E-state index contributed by atoms with van der Waals surface area (Å²) in [5.41, 5.74) is 0. The van der Waals surface area contributed by atoms with Crippen LogP contribution in [0.15, 0.2) is 0 Å². The molecule has 2 N–H and O–H groups in total. The van der Waals surface area contributed by atoms with Crippen molar-refractivity contribution in [2.24, 2.45) is 5.92 Å². The summed E-state index contributed by atoms with van der Waals surface area (Å²) in [6.07, 6.45) is 1.87. The third-order valence-corrected chi connectivity index (χ3v) is 3.41. The van der Waals surface area contributed by atoms with Crippen molar-refractivity contribution in [3.63, 3.8) is 0 Å². The van der Waals surface area contributed by atoms with E-state index in [-0.39, 0.29) is 30.4 Å². The van der Waals surface area contributed by atoms with Gasteiger partial charge < -0.3 is 20.1 Å². The van der Waals surface area contributed by atoms with E-state index in [0.29, 0.717) is 32.4 Å². The molecule has 1 fully saturated rings. The van der Waals surface area contributed by atoms with Gasteiger partial charge in [-0.05, 0) is 26.2 Å². The van der Waals surface area contributed by atoms with Crippen LogP contribution in [-0.4, -0.2) is 54.2 Å². The summed E-state index contributed by atoms with van der Waals surface area (Å²) in [5.74, 6) is -1.35. The van der Waals surface area contributed by atoms with Crippen molar-refractivity contribution in [1.82, 2.24) is 10.2 Å². The highest BCUT2D eigenvalue weighted by Gasteiger charge is 2.31. The van der Waals surface area contributed by atoms with Gasteiger partial charge in [0.2, 0.25) is 0 Å². The summed E-state index contributed by atoms with van der Waals surface area (Å²) in [6, 6.07) is -0.293. The molecule has 2 unspecified atom stereocenters. The number of methoxy groups -OCH3 is 1. The lowest BCUT2D eigenvalue weighted by Gasteiger charge is -2.20. The molecule has 1 aliphatic rings. The first-order valence-corrected chi connectivity index (χ1v) is 6.79. The Morgan fingerprint density at radius 2 is 2.15 bits per heavy atom. The van der Waals surface area contributed by atoms with E-state index in [1.807, 2.05) is 6.92 Å². The molecular weight excluding hydrogens is 264 g/mol. The highest BCUT2D eigenvalue weighted by atomic mass is 16.5. The van der Waals surface area contributed by atoms with Gasteiger partial charge in [-0.2, -0.15) is 0 Å². The molecule has 0 saturated carbocycles. The van der Waals surface area contributed by atoms with Crippen LogP contribution in [0.1, 0.15) is 32.6 Å². The van der Waals surface area contributed by atoms with Crippen molar-refractivity contribution in [2.75, 3.05) is 20.2 Å². The van der Waals surface area contributed by atoms with Gasteiger partial charge in [0.25, 0.3) is 0 Å². The summed E-state index contributed by atoms with van der Waals surface area (Å²) >= 11 is 0. The van der Waals surface area contributed by atoms with Crippen LogP contribution in [0.5, 0.6) is 0 Å². The van der Waals surface area contributed by atoms with Crippen LogP contribution in [0.3, 0.4) is 0 Å². The first-order valence-electron chi connectivity index (χ1n) is 6.79. The molecule has 0 aromatic carbocycles. The highest BCUT2D eigenvalue weighted by molar-refractivity contribution is 5.78. The van der Waals surface area contributed by atoms with E-state index >= 15 is 0 Å². The van der Waals surface area contributed by atoms with Gasteiger partial charge in [0.15, 0.2) is 0 Å². The Morgan fingerprint density at radius 1 is 1.45 bits per heavy atom. The number of amides is 2. The first-order chi connectivity index (χ1) is 9.43. The Hall–Kier alpha value is -1.79. The van der Waals surface area contributed by atoms with Gasteiger partial charge in [-0.25, -0.2) is 4.79 Å². The Balaban J connectivity index is 2.29. The van der Waals surface area contributed by atoms with Crippen LogP contribution in [0.4, 0.5) is 4.79 Å². The van der Waals surface area contributed by atoms with Crippen molar-refractivity contribution in [3.05, 3.63) is 0 Å². The van der Waals surface area contributed by atoms with E-state index in [1.165, 1.54) is 7.11 Å². The Labute approximate surface area is 118 Å². The lowest BCUT2D eigenvalue weighted by atomic mass is 10.1. The van der Waals surface area contributed by atoms with E-state index in [9.17, 15) is 14.4 Å². The maximum absolute atomic E-state index is 12.0. The van der Waals surface area contributed by atoms with Crippen molar-refractivity contribution in [1.29, 1.82) is 0 Å². The monoisotopic (exact) mass is 286 g/mol. The zero-order valence-electron chi connectivity index (χ0n) is 11.9. The van der Waals surface area contributed by atoms with Crippen molar-refractivity contribution in [2.45, 2.75) is 38.6 Å². The number of likely N-dealkylation sites (tertiary alicyclic amines) is 1. The lowest BCUT2D eigenvalue weighted by molar-refractivity contribution is -0.144. The number of esters is 1. The topological polar surface area (TPSA) is 95.9 Å². The number of urea groups is 1. The van der Waals surface area contributed by atoms with Crippen molar-refractivity contribution in [3.8, 4) is 0 Å². The van der Waals surface area contributed by atoms with Crippen LogP contribution in [0.25, 0.3) is 0 Å². The summed E-state index contributed by atoms with van der Waals surface area (Å²) < 4.78 is 4.67. The molecule has 7 nitrogen and oxygen atoms in total. The fourth-order valence-corrected chi connectivity index (χ4v) is 2.24. The number of nitrogens with one attached hydrogen (secondary N) is 1. The Bertz CT molecular complexity index is 372. The van der Waals surface area contributed by atoms with Crippen molar-refractivity contribution < 1.29 is 24.2 Å². The van der Waals surface area contributed by atoms with Crippen LogP contribution in [0.2, 0.25) is 0 Å². The van der Waals surface area contributed by atoms with Gasteiger partial charge in [0.1, 0.15) is 0 Å². The number of carbonyl (C=O) groups excluding carboxylic acids is 2. The molecule has 0 aromatic rings. The Kier molecular flexibility index (Phi) is 6.27. The first kappa shape index (κ1) is 16.3. The molecule has 114 valence electrons. The molecule has 0 radical (unpaired) electrons. The molecule has 0 spiro atoms. The van der Waals surface area contributed by atoms with Crippen LogP contribution in [0, 0.1) is 5.92 Å². The largest absolute Gasteiger partial charge is 0.481 e. The number of carboxylic acids is 1. The maximum Gasteiger partial charge on any atom is 0.317 e. The molecule has 2 atom stereocenters. The standard InChI is InChI=1S/C13H22N2O5/c1-9(4-3-5-11(16)17)14-13(19)15-7-6-10(8-15)12(18)20-2/h9-10H,3-8H2,1-2H3,(H,14,19)(H,16,17). The minimum atomic E-state index is -0.830. The van der Waals surface area contributed by atoms with Gasteiger partial charge in [0, 0.05) is 25.6 Å². The third kappa shape index (κ3) is 5.07. The second-order valence-electron chi connectivity index (χ2n) is 5.09. The van der Waals surface area contributed by atoms with Crippen LogP contribution >= 0.6 is 0 Å². The molecule has 0 aliphatic carbocycles. The average Bonchev–Trinajstić information content (AvgIpc) is 2.86. The van der Waals surface area contributed by atoms with Crippen LogP contribution in [-0.2, 0) is 14.3 Å². The predicted octanol–water partition coefficient (Wildman–Crippen LogP) is 0.834. The number of rotatable bonds is 6. The fraction of sp³-hybridized carbons (Fsp3) is 0.769. The molecule has 1 saturated heterocycles. The summed E-state index contributed by atoms with van der Waals surface area (Å²) in [6.45, 7) is 2.75. The van der Waals surface area contributed by atoms with E-state index < -0.39 is 5.97 Å². The van der Waals surface area contributed by atoms with E-state index in [1.54, 1.807) is 4.90 Å². The summed E-state index contributed by atoms with van der Waals surface area (Å²) in [4.78, 5) is 35.3. The van der Waals surface area contributed by atoms with Gasteiger partial charge >= 0.3 is 18.0 Å². The highest BCUT2D eigenvalue weighted by Crippen LogP contribution is 2.17. The van der Waals surface area contributed by atoms with E-state index in [2.05, 4.69) is 10.1 Å². The molecule has 1 heterocycles. The molecule has 2 amide bonds. The second kappa shape index (κ2) is 7.72. The summed E-state index contributed by atoms with van der Waals surface area (Å²) in [5, 5.41) is 11.4. The molecule has 7 heteroatoms. The number of hydrogen-bond donors (Lipinski definition) is 2. The SMILES string of the molecule is COC(=O)C1CCN(C(=O)NC(C)CCCC(=O)O)C1. The Morgan fingerprint density at radius 3 is 2.75 bits per heavy atom. The van der Waals surface area contributed by atoms with E-state index in [0.717, 1.165) is 0 Å². The number of carboxylic acid groups (broad SMARTS) is 1. The maximum atomic E-state index is 12.0. The molecule has 0 bridgehead atoms. The fourth-order valence-electron chi connectivity index (χ4n) is 2.24. The van der Waals surface area contributed by atoms with Gasteiger partial charge in [-0.3, -0.25) is 9.59 Å². The lowest BCUT2D eigenvalue weighted by Crippen LogP contribution is -2.43. The van der Waals surface area contributed by atoms with Gasteiger partial charge in [0.05, 0.1) is 13.0 Å². The zero-order chi connectivity index (χ0) is 15.1. The van der Waals surface area contributed by atoms with E-state index in [4.69, 9.17) is 5.11 Å². The van der Waals surface area contributed by atoms with Gasteiger partial charge in [-0.15, -0.1) is 0 Å². The van der Waals surface area contributed by atoms with Gasteiger partial charge in [-0.1, -0.05) is 0 Å². The molecule has 1 rings (SSSR count). The smallest absolute Gasteiger partial charge is 0.317 e. The average molecular weight is 286 g/mol. The quantitative estimate of drug-likeness (QED) is 0.705. The van der Waals surface area contributed by atoms with Crippen LogP contribution < -0.4 is 5.32 Å². The number of ether oxygens (including phenoxy) is 1. The molecule has 1 aliphatic heterocycles.